The highest BCUT2D eigenvalue weighted by Gasteiger charge is 2.21. The molecule has 0 amide bonds. The van der Waals surface area contributed by atoms with Crippen molar-refractivity contribution < 1.29 is 19.0 Å². The smallest absolute Gasteiger partial charge is 0.433 e. The maximum absolute atomic E-state index is 11.2. The van der Waals surface area contributed by atoms with Gasteiger partial charge in [0.15, 0.2) is 0 Å². The van der Waals surface area contributed by atoms with Gasteiger partial charge in [-0.1, -0.05) is 0 Å². The zero-order valence-corrected chi connectivity index (χ0v) is 9.34. The van der Waals surface area contributed by atoms with E-state index >= 15 is 0 Å². The second-order valence-corrected chi connectivity index (χ2v) is 3.35. The lowest BCUT2D eigenvalue weighted by atomic mass is 10.3. The molecule has 6 nitrogen and oxygen atoms in total. The Morgan fingerprint density at radius 2 is 2.12 bits per heavy atom. The Bertz CT molecular complexity index is 541. The minimum absolute atomic E-state index is 0.147. The fourth-order valence-corrected chi connectivity index (χ4v) is 1.49. The highest BCUT2D eigenvalue weighted by Crippen LogP contribution is 2.11. The second kappa shape index (κ2) is 4.84. The second-order valence-electron chi connectivity index (χ2n) is 3.35. The van der Waals surface area contributed by atoms with E-state index in [9.17, 15) is 4.79 Å². The third-order valence-electron chi connectivity index (χ3n) is 2.29. The first-order valence-corrected chi connectivity index (χ1v) is 5.22. The Balaban J connectivity index is 2.36. The van der Waals surface area contributed by atoms with E-state index in [4.69, 9.17) is 9.84 Å². The molecule has 0 aliphatic carbocycles. The number of aliphatic hydroxyl groups is 1. The summed E-state index contributed by atoms with van der Waals surface area (Å²) in [6, 6.07) is 7.07. The lowest BCUT2D eigenvalue weighted by molar-refractivity contribution is -0.679. The first-order valence-electron chi connectivity index (χ1n) is 5.22. The monoisotopic (exact) mass is 237 g/mol. The molecular formula is C11H13N2O4+. The number of hydrogen-bond donors (Lipinski definition) is 2. The number of aromatic nitrogens is 2. The Kier molecular flexibility index (Phi) is 3.24. The van der Waals surface area contributed by atoms with E-state index in [0.717, 1.165) is 5.75 Å². The van der Waals surface area contributed by atoms with Crippen LogP contribution in [0.2, 0.25) is 0 Å². The summed E-state index contributed by atoms with van der Waals surface area (Å²) in [7, 11) is 0. The predicted octanol–water partition coefficient (Wildman–Crippen LogP) is 0.136. The minimum Gasteiger partial charge on any atom is -0.494 e. The Labute approximate surface area is 97.0 Å². The number of aromatic amines is 1. The van der Waals surface area contributed by atoms with Gasteiger partial charge in [0.2, 0.25) is 5.69 Å². The molecule has 90 valence electrons. The van der Waals surface area contributed by atoms with Gasteiger partial charge in [-0.25, -0.2) is 4.79 Å². The van der Waals surface area contributed by atoms with E-state index in [1.54, 1.807) is 24.3 Å². The van der Waals surface area contributed by atoms with Gasteiger partial charge in [-0.15, -0.1) is 0 Å². The van der Waals surface area contributed by atoms with Crippen molar-refractivity contribution >= 4 is 0 Å². The number of ether oxygens (including phenoxy) is 1. The molecule has 1 heterocycles. The molecule has 0 spiro atoms. The topological polar surface area (TPSA) is 79.3 Å². The lowest BCUT2D eigenvalue weighted by Gasteiger charge is -2.00. The van der Waals surface area contributed by atoms with Gasteiger partial charge < -0.3 is 9.84 Å². The summed E-state index contributed by atoms with van der Waals surface area (Å²) in [6.45, 7) is 2.11. The number of H-pyrrole nitrogens is 1. The Morgan fingerprint density at radius 3 is 2.71 bits per heavy atom. The first-order chi connectivity index (χ1) is 8.26. The van der Waals surface area contributed by atoms with Crippen LogP contribution in [-0.4, -0.2) is 17.0 Å². The number of nitrogens with zero attached hydrogens (tertiary/aromatic N) is 1. The first kappa shape index (κ1) is 11.4. The molecular weight excluding hydrogens is 224 g/mol. The average molecular weight is 237 g/mol. The molecule has 0 aliphatic rings. The summed E-state index contributed by atoms with van der Waals surface area (Å²) in [5, 5.41) is 11.5. The molecule has 0 saturated carbocycles. The van der Waals surface area contributed by atoms with Gasteiger partial charge in [0.1, 0.15) is 12.4 Å². The molecule has 0 atom stereocenters. The summed E-state index contributed by atoms with van der Waals surface area (Å²) in [5.41, 5.74) is 0.249. The molecule has 0 saturated heterocycles. The minimum atomic E-state index is -0.582. The van der Waals surface area contributed by atoms with Gasteiger partial charge in [-0.3, -0.25) is 4.52 Å². The SMILES string of the molecule is CCOc1ccc(-[n+]2[nH]oc(=O)c2CO)cc1. The van der Waals surface area contributed by atoms with Crippen LogP contribution in [0.25, 0.3) is 5.69 Å². The van der Waals surface area contributed by atoms with Crippen molar-refractivity contribution in [3.63, 3.8) is 0 Å². The van der Waals surface area contributed by atoms with E-state index in [0.29, 0.717) is 12.3 Å². The lowest BCUT2D eigenvalue weighted by Crippen LogP contribution is -2.38. The summed E-state index contributed by atoms with van der Waals surface area (Å²) >= 11 is 0. The van der Waals surface area contributed by atoms with Crippen molar-refractivity contribution in [2.24, 2.45) is 0 Å². The molecule has 2 aromatic rings. The predicted molar refractivity (Wildman–Crippen MR) is 58.0 cm³/mol. The molecule has 2 N–H and O–H groups in total. The molecule has 1 aromatic carbocycles. The van der Waals surface area contributed by atoms with Gasteiger partial charge in [0.25, 0.3) is 0 Å². The average Bonchev–Trinajstić information content (AvgIpc) is 2.72. The van der Waals surface area contributed by atoms with Crippen molar-refractivity contribution in [2.45, 2.75) is 13.5 Å². The van der Waals surface area contributed by atoms with E-state index in [1.807, 2.05) is 6.92 Å². The fraction of sp³-hybridized carbons (Fsp3) is 0.273. The van der Waals surface area contributed by atoms with Gasteiger partial charge in [-0.2, -0.15) is 0 Å². The molecule has 17 heavy (non-hydrogen) atoms. The van der Waals surface area contributed by atoms with E-state index in [-0.39, 0.29) is 12.3 Å². The van der Waals surface area contributed by atoms with Crippen LogP contribution >= 0.6 is 0 Å². The largest absolute Gasteiger partial charge is 0.494 e. The third-order valence-corrected chi connectivity index (χ3v) is 2.29. The van der Waals surface area contributed by atoms with Crippen LogP contribution in [0.1, 0.15) is 12.6 Å². The molecule has 6 heteroatoms. The Morgan fingerprint density at radius 1 is 1.41 bits per heavy atom. The van der Waals surface area contributed by atoms with Gasteiger partial charge in [0, 0.05) is 12.1 Å². The van der Waals surface area contributed by atoms with Gasteiger partial charge >= 0.3 is 11.3 Å². The van der Waals surface area contributed by atoms with Crippen molar-refractivity contribution in [1.29, 1.82) is 0 Å². The van der Waals surface area contributed by atoms with Crippen LogP contribution in [0.3, 0.4) is 0 Å². The summed E-state index contributed by atoms with van der Waals surface area (Å²) in [4.78, 5) is 11.2. The van der Waals surface area contributed by atoms with Crippen LogP contribution in [0.5, 0.6) is 5.75 Å². The summed E-state index contributed by atoms with van der Waals surface area (Å²) in [5.74, 6) is 0.744. The van der Waals surface area contributed by atoms with Crippen LogP contribution in [-0.2, 0) is 6.61 Å². The maximum atomic E-state index is 11.2. The quantitative estimate of drug-likeness (QED) is 0.741. The molecule has 0 fully saturated rings. The summed E-state index contributed by atoms with van der Waals surface area (Å²) < 4.78 is 11.3. The Hall–Kier alpha value is -2.08. The molecule has 1 aromatic heterocycles. The number of nitrogens with one attached hydrogen (secondary N) is 1. The number of benzene rings is 1. The molecule has 2 rings (SSSR count). The highest BCUT2D eigenvalue weighted by atomic mass is 16.5. The van der Waals surface area contributed by atoms with Crippen molar-refractivity contribution in [2.75, 3.05) is 6.61 Å². The molecule has 0 radical (unpaired) electrons. The van der Waals surface area contributed by atoms with Crippen LogP contribution in [0.15, 0.2) is 33.6 Å². The zero-order chi connectivity index (χ0) is 12.3. The van der Waals surface area contributed by atoms with Gasteiger partial charge in [0.05, 0.1) is 6.61 Å². The van der Waals surface area contributed by atoms with Crippen molar-refractivity contribution in [3.05, 3.63) is 40.4 Å². The van der Waals surface area contributed by atoms with Crippen molar-refractivity contribution in [1.82, 2.24) is 5.27 Å². The number of hydrogen-bond acceptors (Lipinski definition) is 4. The number of rotatable bonds is 4. The standard InChI is InChI=1S/C11H12N2O4/c1-2-16-9-5-3-8(4-6-9)13-10(7-14)11(15)17-12-13/h3-6,14H,2,7H2,1H3/p+1. The number of aliphatic hydroxyl groups excluding tert-OH is 1. The normalized spacial score (nSPS) is 10.5. The highest BCUT2D eigenvalue weighted by molar-refractivity contribution is 5.31. The fourth-order valence-electron chi connectivity index (χ4n) is 1.49. The van der Waals surface area contributed by atoms with E-state index in [1.165, 1.54) is 4.68 Å². The van der Waals surface area contributed by atoms with Crippen molar-refractivity contribution in [3.8, 4) is 11.4 Å². The van der Waals surface area contributed by atoms with Crippen LogP contribution in [0.4, 0.5) is 0 Å². The zero-order valence-electron chi connectivity index (χ0n) is 9.34. The van der Waals surface area contributed by atoms with E-state index < -0.39 is 5.63 Å². The molecule has 0 aliphatic heterocycles. The molecule has 0 bridgehead atoms. The van der Waals surface area contributed by atoms with Crippen LogP contribution in [0, 0.1) is 0 Å². The maximum Gasteiger partial charge on any atom is 0.433 e. The third kappa shape index (κ3) is 2.21. The van der Waals surface area contributed by atoms with Crippen LogP contribution < -0.4 is 15.0 Å². The summed E-state index contributed by atoms with van der Waals surface area (Å²) in [6.07, 6.45) is 0. The molecule has 0 unspecified atom stereocenters. The van der Waals surface area contributed by atoms with Gasteiger partial charge in [-0.05, 0) is 29.0 Å². The van der Waals surface area contributed by atoms with E-state index in [2.05, 4.69) is 9.79 Å².